The van der Waals surface area contributed by atoms with Gasteiger partial charge in [-0.3, -0.25) is 19.2 Å². The summed E-state index contributed by atoms with van der Waals surface area (Å²) in [6.45, 7) is 0. The van der Waals surface area contributed by atoms with Gasteiger partial charge in [0.2, 0.25) is 23.6 Å². The maximum atomic E-state index is 13.5. The van der Waals surface area contributed by atoms with Crippen LogP contribution in [-0.2, 0) is 36.8 Å². The molecule has 0 radical (unpaired) electrons. The Morgan fingerprint density at radius 3 is 2.10 bits per heavy atom. The molecule has 0 spiro atoms. The second-order valence-corrected chi connectivity index (χ2v) is 9.78. The molecule has 218 valence electrons. The molecule has 14 heteroatoms. The van der Waals surface area contributed by atoms with E-state index in [0.717, 1.165) is 10.9 Å². The smallest absolute Gasteiger partial charge is 0.326 e. The van der Waals surface area contributed by atoms with Gasteiger partial charge in [-0.05, 0) is 29.3 Å². The first-order valence-corrected chi connectivity index (χ1v) is 13.2. The number of aromatic amines is 1. The van der Waals surface area contributed by atoms with E-state index in [9.17, 15) is 34.2 Å². The number of aliphatic carboxylic acids is 1. The Bertz CT molecular complexity index is 1410. The highest BCUT2D eigenvalue weighted by Gasteiger charge is 2.31. The van der Waals surface area contributed by atoms with Gasteiger partial charge < -0.3 is 42.6 Å². The normalized spacial score (nSPS) is 13.9. The van der Waals surface area contributed by atoms with E-state index in [0.29, 0.717) is 11.1 Å². The van der Waals surface area contributed by atoms with E-state index in [1.807, 2.05) is 18.2 Å². The molecule has 0 aliphatic heterocycles. The minimum absolute atomic E-state index is 0.000835. The van der Waals surface area contributed by atoms with Crippen molar-refractivity contribution in [2.24, 2.45) is 11.5 Å². The van der Waals surface area contributed by atoms with E-state index in [-0.39, 0.29) is 24.3 Å². The SMILES string of the molecule is NC(=O)CC(NC(=O)C(N)CS)C(=O)NC(Cc1c[nH]c2ccccc12)C(=O)NC(Cc1ccc(O)cc1)C(=O)O. The predicted octanol–water partition coefficient (Wildman–Crippen LogP) is -0.670. The van der Waals surface area contributed by atoms with Crippen LogP contribution in [0, 0.1) is 0 Å². The number of carbonyl (C=O) groups excluding carboxylic acids is 4. The largest absolute Gasteiger partial charge is 0.508 e. The highest BCUT2D eigenvalue weighted by atomic mass is 32.1. The number of phenolic OH excluding ortho intramolecular Hbond substituents is 1. The van der Waals surface area contributed by atoms with Crippen LogP contribution < -0.4 is 27.4 Å². The molecule has 4 atom stereocenters. The number of rotatable bonds is 14. The lowest BCUT2D eigenvalue weighted by molar-refractivity contribution is -0.142. The van der Waals surface area contributed by atoms with E-state index in [1.54, 1.807) is 12.3 Å². The molecule has 0 aliphatic carbocycles. The highest BCUT2D eigenvalue weighted by molar-refractivity contribution is 7.80. The number of hydrogen-bond acceptors (Lipinski definition) is 8. The number of carbonyl (C=O) groups is 5. The van der Waals surface area contributed by atoms with Crippen LogP contribution in [0.25, 0.3) is 10.9 Å². The molecule has 0 aliphatic rings. The summed E-state index contributed by atoms with van der Waals surface area (Å²) in [6.07, 6.45) is 0.936. The van der Waals surface area contributed by atoms with Gasteiger partial charge in [0.25, 0.3) is 0 Å². The number of aromatic hydroxyl groups is 1. The van der Waals surface area contributed by atoms with Gasteiger partial charge in [-0.1, -0.05) is 30.3 Å². The average Bonchev–Trinajstić information content (AvgIpc) is 3.34. The average molecular weight is 585 g/mol. The highest BCUT2D eigenvalue weighted by Crippen LogP contribution is 2.19. The number of hydrogen-bond donors (Lipinski definition) is 9. The summed E-state index contributed by atoms with van der Waals surface area (Å²) in [4.78, 5) is 65.8. The third-order valence-corrected chi connectivity index (χ3v) is 6.69. The molecule has 1 aromatic heterocycles. The van der Waals surface area contributed by atoms with Crippen LogP contribution >= 0.6 is 12.6 Å². The molecule has 4 unspecified atom stereocenters. The predicted molar refractivity (Wildman–Crippen MR) is 153 cm³/mol. The summed E-state index contributed by atoms with van der Waals surface area (Å²) in [5, 5.41) is 27.4. The number of thiol groups is 1. The summed E-state index contributed by atoms with van der Waals surface area (Å²) < 4.78 is 0. The Balaban J connectivity index is 1.87. The van der Waals surface area contributed by atoms with E-state index in [1.165, 1.54) is 24.3 Å². The second kappa shape index (κ2) is 14.2. The van der Waals surface area contributed by atoms with E-state index in [4.69, 9.17) is 11.5 Å². The Labute approximate surface area is 240 Å². The maximum Gasteiger partial charge on any atom is 0.326 e. The number of carboxylic acids is 1. The minimum atomic E-state index is -1.45. The van der Waals surface area contributed by atoms with Gasteiger partial charge in [0.05, 0.1) is 12.5 Å². The molecule has 0 fully saturated rings. The van der Waals surface area contributed by atoms with Crippen LogP contribution in [-0.4, -0.2) is 74.7 Å². The fraction of sp³-hybridized carbons (Fsp3) is 0.296. The van der Waals surface area contributed by atoms with Gasteiger partial charge in [0.15, 0.2) is 0 Å². The van der Waals surface area contributed by atoms with Gasteiger partial charge in [-0.25, -0.2) is 4.79 Å². The van der Waals surface area contributed by atoms with Crippen molar-refractivity contribution >= 4 is 53.1 Å². The number of nitrogens with two attached hydrogens (primary N) is 2. The number of benzene rings is 2. The van der Waals surface area contributed by atoms with Crippen molar-refractivity contribution in [1.29, 1.82) is 0 Å². The van der Waals surface area contributed by atoms with E-state index < -0.39 is 60.2 Å². The van der Waals surface area contributed by atoms with Crippen molar-refractivity contribution < 1.29 is 34.2 Å². The second-order valence-electron chi connectivity index (χ2n) is 9.42. The summed E-state index contributed by atoms with van der Waals surface area (Å²) in [6, 6.07) is 7.90. The first-order chi connectivity index (χ1) is 19.5. The van der Waals surface area contributed by atoms with Gasteiger partial charge in [-0.2, -0.15) is 12.6 Å². The molecule has 1 heterocycles. The van der Waals surface area contributed by atoms with Crippen molar-refractivity contribution in [2.75, 3.05) is 5.75 Å². The first kappa shape index (κ1) is 31.0. The van der Waals surface area contributed by atoms with Gasteiger partial charge in [0, 0.05) is 35.7 Å². The Morgan fingerprint density at radius 2 is 1.46 bits per heavy atom. The van der Waals surface area contributed by atoms with Crippen LogP contribution in [0.3, 0.4) is 0 Å². The number of aromatic nitrogens is 1. The number of phenols is 1. The molecule has 0 saturated carbocycles. The quantitative estimate of drug-likeness (QED) is 0.110. The summed E-state index contributed by atoms with van der Waals surface area (Å²) >= 11 is 3.95. The number of primary amides is 1. The number of fused-ring (bicyclic) bond motifs is 1. The molecule has 13 nitrogen and oxygen atoms in total. The molecule has 2 aromatic carbocycles. The fourth-order valence-electron chi connectivity index (χ4n) is 4.11. The molecule has 10 N–H and O–H groups in total. The monoisotopic (exact) mass is 584 g/mol. The lowest BCUT2D eigenvalue weighted by atomic mass is 10.0. The molecule has 41 heavy (non-hydrogen) atoms. The van der Waals surface area contributed by atoms with Crippen molar-refractivity contribution in [2.45, 2.75) is 43.4 Å². The molecule has 3 aromatic rings. The summed E-state index contributed by atoms with van der Waals surface area (Å²) in [7, 11) is 0. The molecule has 0 saturated heterocycles. The van der Waals surface area contributed by atoms with Crippen LogP contribution in [0.1, 0.15) is 17.5 Å². The van der Waals surface area contributed by atoms with Crippen LogP contribution in [0.5, 0.6) is 5.75 Å². The number of H-pyrrole nitrogens is 1. The zero-order valence-electron chi connectivity index (χ0n) is 21.9. The van der Waals surface area contributed by atoms with Crippen LogP contribution in [0.2, 0.25) is 0 Å². The maximum absolute atomic E-state index is 13.5. The standard InChI is InChI=1S/C27H32N6O7S/c28-18(13-41)24(36)31-21(11-23(29)35)26(38)32-20(10-15-12-30-19-4-2-1-3-17(15)19)25(37)33-22(27(39)40)9-14-5-7-16(34)8-6-14/h1-8,12,18,20-22,30,34,41H,9-11,13,28H2,(H2,29,35)(H,31,36)(H,32,38)(H,33,37)(H,39,40). The fourth-order valence-corrected chi connectivity index (χ4v) is 4.28. The molecule has 3 rings (SSSR count). The molecule has 0 bridgehead atoms. The molecule has 4 amide bonds. The van der Waals surface area contributed by atoms with Gasteiger partial charge >= 0.3 is 5.97 Å². The van der Waals surface area contributed by atoms with Crippen molar-refractivity contribution in [3.63, 3.8) is 0 Å². The van der Waals surface area contributed by atoms with Crippen molar-refractivity contribution in [1.82, 2.24) is 20.9 Å². The number of nitrogens with one attached hydrogen (secondary N) is 4. The lowest BCUT2D eigenvalue weighted by Gasteiger charge is -2.25. The van der Waals surface area contributed by atoms with E-state index in [2.05, 4.69) is 33.6 Å². The van der Waals surface area contributed by atoms with Crippen LogP contribution in [0.4, 0.5) is 0 Å². The molecular formula is C27H32N6O7S. The van der Waals surface area contributed by atoms with Gasteiger partial charge in [0.1, 0.15) is 23.9 Å². The summed E-state index contributed by atoms with van der Waals surface area (Å²) in [5.74, 6) is -4.69. The Kier molecular flexibility index (Phi) is 10.7. The minimum Gasteiger partial charge on any atom is -0.508 e. The third kappa shape index (κ3) is 8.71. The first-order valence-electron chi connectivity index (χ1n) is 12.6. The Morgan fingerprint density at radius 1 is 0.854 bits per heavy atom. The number of carboxylic acid groups (broad SMARTS) is 1. The van der Waals surface area contributed by atoms with Crippen molar-refractivity contribution in [3.8, 4) is 5.75 Å². The molecular weight excluding hydrogens is 552 g/mol. The number of amides is 4. The lowest BCUT2D eigenvalue weighted by Crippen LogP contribution is -2.58. The third-order valence-electron chi connectivity index (χ3n) is 6.29. The summed E-state index contributed by atoms with van der Waals surface area (Å²) in [5.41, 5.74) is 12.9. The Hall–Kier alpha value is -4.56. The number of para-hydroxylation sites is 1. The van der Waals surface area contributed by atoms with Crippen LogP contribution in [0.15, 0.2) is 54.7 Å². The van der Waals surface area contributed by atoms with Crippen molar-refractivity contribution in [3.05, 3.63) is 65.9 Å². The topological polar surface area (TPSA) is 230 Å². The van der Waals surface area contributed by atoms with E-state index >= 15 is 0 Å². The van der Waals surface area contributed by atoms with Gasteiger partial charge in [-0.15, -0.1) is 0 Å². The zero-order chi connectivity index (χ0) is 30.1. The zero-order valence-corrected chi connectivity index (χ0v) is 22.8.